The molecule has 0 radical (unpaired) electrons. The molecule has 2 aliphatic rings. The van der Waals surface area contributed by atoms with Gasteiger partial charge in [0.05, 0.1) is 4.90 Å². The zero-order chi connectivity index (χ0) is 15.7. The van der Waals surface area contributed by atoms with E-state index >= 15 is 0 Å². The van der Waals surface area contributed by atoms with Crippen molar-refractivity contribution >= 4 is 21.8 Å². The van der Waals surface area contributed by atoms with Crippen LogP contribution in [0.1, 0.15) is 12.5 Å². The van der Waals surface area contributed by atoms with Gasteiger partial charge in [0, 0.05) is 31.2 Å². The molecule has 0 bridgehead atoms. The zero-order valence-electron chi connectivity index (χ0n) is 12.2. The van der Waals surface area contributed by atoms with Gasteiger partial charge in [-0.25, -0.2) is 8.42 Å². The number of hydrogen-bond donors (Lipinski definition) is 2. The Hall–Kier alpha value is -1.93. The van der Waals surface area contributed by atoms with Crippen LogP contribution < -0.4 is 10.0 Å². The highest BCUT2D eigenvalue weighted by Gasteiger charge is 2.30. The summed E-state index contributed by atoms with van der Waals surface area (Å²) in [5.74, 6) is 0.150. The highest BCUT2D eigenvalue weighted by Crippen LogP contribution is 2.22. The van der Waals surface area contributed by atoms with Gasteiger partial charge in [0.1, 0.15) is 12.4 Å². The molecular weight excluding hydrogens is 304 g/mol. The van der Waals surface area contributed by atoms with Crippen molar-refractivity contribution in [3.05, 3.63) is 29.8 Å². The molecule has 1 fully saturated rings. The van der Waals surface area contributed by atoms with Gasteiger partial charge in [-0.1, -0.05) is 12.1 Å². The van der Waals surface area contributed by atoms with Gasteiger partial charge in [0.25, 0.3) is 10.0 Å². The first-order chi connectivity index (χ1) is 10.5. The topological polar surface area (TPSA) is 90.9 Å². The van der Waals surface area contributed by atoms with E-state index in [1.807, 2.05) is 6.92 Å². The number of piperazine rings is 1. The SMILES string of the molecule is C[C@@H]1CNCCN1C(=O)CN=C1NS(=O)(=O)c2ccccc21. The fraction of sp³-hybridized carbons (Fsp3) is 0.429. The first-order valence-electron chi connectivity index (χ1n) is 7.16. The molecule has 0 aromatic heterocycles. The van der Waals surface area contributed by atoms with Crippen LogP contribution in [0.3, 0.4) is 0 Å². The lowest BCUT2D eigenvalue weighted by Gasteiger charge is -2.33. The minimum absolute atomic E-state index is 0.0590. The van der Waals surface area contributed by atoms with Crippen LogP contribution in [0, 0.1) is 0 Å². The number of amides is 1. The molecule has 1 aromatic carbocycles. The second kappa shape index (κ2) is 5.69. The highest BCUT2D eigenvalue weighted by molar-refractivity contribution is 7.90. The number of carbonyl (C=O) groups is 1. The van der Waals surface area contributed by atoms with Crippen molar-refractivity contribution in [3.63, 3.8) is 0 Å². The summed E-state index contributed by atoms with van der Waals surface area (Å²) in [6.45, 7) is 4.09. The van der Waals surface area contributed by atoms with Crippen LogP contribution in [0.25, 0.3) is 0 Å². The van der Waals surface area contributed by atoms with Crippen molar-refractivity contribution in [3.8, 4) is 0 Å². The van der Waals surface area contributed by atoms with Crippen LogP contribution in [0.15, 0.2) is 34.2 Å². The van der Waals surface area contributed by atoms with Crippen molar-refractivity contribution in [1.29, 1.82) is 0 Å². The van der Waals surface area contributed by atoms with Gasteiger partial charge in [-0.05, 0) is 19.1 Å². The maximum Gasteiger partial charge on any atom is 0.263 e. The normalized spacial score (nSPS) is 24.9. The standard InChI is InChI=1S/C14H18N4O3S/c1-10-8-15-6-7-18(10)13(19)9-16-14-11-4-2-3-5-12(11)22(20,21)17-14/h2-5,10,15H,6-9H2,1H3,(H,16,17)/t10-/m1/s1. The van der Waals surface area contributed by atoms with E-state index in [4.69, 9.17) is 0 Å². The molecule has 0 aliphatic carbocycles. The largest absolute Gasteiger partial charge is 0.336 e. The summed E-state index contributed by atoms with van der Waals surface area (Å²) < 4.78 is 26.3. The van der Waals surface area contributed by atoms with Crippen LogP contribution in [-0.2, 0) is 14.8 Å². The molecule has 3 rings (SSSR count). The van der Waals surface area contributed by atoms with Crippen LogP contribution in [-0.4, -0.2) is 57.3 Å². The molecule has 22 heavy (non-hydrogen) atoms. The van der Waals surface area contributed by atoms with Gasteiger partial charge < -0.3 is 10.2 Å². The number of fused-ring (bicyclic) bond motifs is 1. The van der Waals surface area contributed by atoms with Gasteiger partial charge in [-0.15, -0.1) is 0 Å². The molecule has 1 aromatic rings. The third-order valence-electron chi connectivity index (χ3n) is 3.86. The highest BCUT2D eigenvalue weighted by atomic mass is 32.2. The van der Waals surface area contributed by atoms with Crippen LogP contribution in [0.5, 0.6) is 0 Å². The molecule has 0 unspecified atom stereocenters. The summed E-state index contributed by atoms with van der Waals surface area (Å²) in [5, 5.41) is 3.22. The number of nitrogens with one attached hydrogen (secondary N) is 2. The summed E-state index contributed by atoms with van der Waals surface area (Å²) >= 11 is 0. The molecule has 1 amide bonds. The Balaban J connectivity index is 1.78. The average Bonchev–Trinajstić information content (AvgIpc) is 2.77. The lowest BCUT2D eigenvalue weighted by molar-refractivity contribution is -0.132. The van der Waals surface area contributed by atoms with Gasteiger partial charge in [-0.3, -0.25) is 14.5 Å². The molecule has 0 spiro atoms. The quantitative estimate of drug-likeness (QED) is 0.771. The molecular formula is C14H18N4O3S. The number of hydrogen-bond acceptors (Lipinski definition) is 5. The van der Waals surface area contributed by atoms with Crippen LogP contribution in [0.4, 0.5) is 0 Å². The van der Waals surface area contributed by atoms with Gasteiger partial charge >= 0.3 is 0 Å². The van der Waals surface area contributed by atoms with E-state index in [0.717, 1.165) is 13.1 Å². The summed E-state index contributed by atoms with van der Waals surface area (Å²) in [5.41, 5.74) is 0.517. The van der Waals surface area contributed by atoms with Crippen molar-refractivity contribution in [1.82, 2.24) is 14.9 Å². The molecule has 2 heterocycles. The lowest BCUT2D eigenvalue weighted by Crippen LogP contribution is -2.53. The molecule has 2 aliphatic heterocycles. The van der Waals surface area contributed by atoms with Crippen molar-refractivity contribution < 1.29 is 13.2 Å². The second-order valence-corrected chi connectivity index (χ2v) is 7.06. The summed E-state index contributed by atoms with van der Waals surface area (Å²) in [6.07, 6.45) is 0. The number of carbonyl (C=O) groups excluding carboxylic acids is 1. The number of nitrogens with zero attached hydrogens (tertiary/aromatic N) is 2. The summed E-state index contributed by atoms with van der Waals surface area (Å²) in [6, 6.07) is 6.74. The monoisotopic (exact) mass is 322 g/mol. The van der Waals surface area contributed by atoms with Gasteiger partial charge in [0.15, 0.2) is 0 Å². The number of rotatable bonds is 2. The van der Waals surface area contributed by atoms with E-state index in [0.29, 0.717) is 12.1 Å². The van der Waals surface area contributed by atoms with Crippen molar-refractivity contribution in [2.24, 2.45) is 4.99 Å². The molecule has 2 N–H and O–H groups in total. The zero-order valence-corrected chi connectivity index (χ0v) is 13.1. The number of benzene rings is 1. The summed E-state index contributed by atoms with van der Waals surface area (Å²) in [4.78, 5) is 18.4. The molecule has 8 heteroatoms. The fourth-order valence-corrected chi connectivity index (χ4v) is 3.95. The maximum absolute atomic E-state index is 12.3. The first-order valence-corrected chi connectivity index (χ1v) is 8.64. The predicted octanol–water partition coefficient (Wildman–Crippen LogP) is -0.455. The Morgan fingerprint density at radius 2 is 2.18 bits per heavy atom. The Morgan fingerprint density at radius 3 is 2.95 bits per heavy atom. The Labute approximate surface area is 129 Å². The smallest absolute Gasteiger partial charge is 0.263 e. The number of amidine groups is 1. The third kappa shape index (κ3) is 2.71. The van der Waals surface area contributed by atoms with E-state index < -0.39 is 10.0 Å². The van der Waals surface area contributed by atoms with E-state index in [9.17, 15) is 13.2 Å². The van der Waals surface area contributed by atoms with E-state index in [1.54, 1.807) is 23.1 Å². The lowest BCUT2D eigenvalue weighted by atomic mass is 10.2. The molecule has 118 valence electrons. The second-order valence-electron chi connectivity index (χ2n) is 5.41. The van der Waals surface area contributed by atoms with Crippen molar-refractivity contribution in [2.45, 2.75) is 17.9 Å². The maximum atomic E-state index is 12.3. The molecule has 1 saturated heterocycles. The van der Waals surface area contributed by atoms with Gasteiger partial charge in [-0.2, -0.15) is 0 Å². The molecule has 7 nitrogen and oxygen atoms in total. The first kappa shape index (κ1) is 15.0. The van der Waals surface area contributed by atoms with E-state index in [1.165, 1.54) is 6.07 Å². The Bertz CT molecular complexity index is 729. The van der Waals surface area contributed by atoms with Crippen LogP contribution >= 0.6 is 0 Å². The number of sulfonamides is 1. The van der Waals surface area contributed by atoms with Crippen LogP contribution in [0.2, 0.25) is 0 Å². The fourth-order valence-electron chi connectivity index (χ4n) is 2.70. The predicted molar refractivity (Wildman–Crippen MR) is 82.2 cm³/mol. The average molecular weight is 322 g/mol. The Morgan fingerprint density at radius 1 is 1.41 bits per heavy atom. The molecule has 1 atom stereocenters. The number of aliphatic imine (C=N–C) groups is 1. The minimum atomic E-state index is -3.55. The van der Waals surface area contributed by atoms with E-state index in [-0.39, 0.29) is 29.2 Å². The third-order valence-corrected chi connectivity index (χ3v) is 5.25. The molecule has 0 saturated carbocycles. The van der Waals surface area contributed by atoms with Gasteiger partial charge in [0.2, 0.25) is 5.91 Å². The minimum Gasteiger partial charge on any atom is -0.336 e. The Kier molecular flexibility index (Phi) is 3.88. The van der Waals surface area contributed by atoms with Crippen molar-refractivity contribution in [2.75, 3.05) is 26.2 Å². The van der Waals surface area contributed by atoms with E-state index in [2.05, 4.69) is 15.0 Å². The summed E-state index contributed by atoms with van der Waals surface area (Å²) in [7, 11) is -3.55.